The number of fused-ring (bicyclic) bond motifs is 1. The van der Waals surface area contributed by atoms with E-state index in [-0.39, 0.29) is 44.6 Å². The average molecular weight is 631 g/mol. The molecule has 0 saturated heterocycles. The van der Waals surface area contributed by atoms with Crippen LogP contribution < -0.4 is 16.4 Å². The summed E-state index contributed by atoms with van der Waals surface area (Å²) in [7, 11) is 0. The number of nitrogens with one attached hydrogen (secondary N) is 2. The van der Waals surface area contributed by atoms with Crippen molar-refractivity contribution in [2.45, 2.75) is 57.4 Å². The monoisotopic (exact) mass is 630 g/mol. The van der Waals surface area contributed by atoms with E-state index in [4.69, 9.17) is 17.3 Å². The first-order chi connectivity index (χ1) is 20.9. The number of carbonyl (C=O) groups excluding carboxylic acids is 4. The van der Waals surface area contributed by atoms with Crippen molar-refractivity contribution in [2.24, 2.45) is 5.73 Å². The van der Waals surface area contributed by atoms with E-state index >= 15 is 0 Å². The van der Waals surface area contributed by atoms with Crippen molar-refractivity contribution in [1.29, 1.82) is 0 Å². The van der Waals surface area contributed by atoms with Crippen LogP contribution in [0.2, 0.25) is 5.02 Å². The molecule has 0 aliphatic carbocycles. The van der Waals surface area contributed by atoms with Crippen molar-refractivity contribution < 1.29 is 32.3 Å². The van der Waals surface area contributed by atoms with Gasteiger partial charge in [0, 0.05) is 25.8 Å². The molecule has 12 heteroatoms. The van der Waals surface area contributed by atoms with Crippen LogP contribution in [0.4, 0.5) is 18.9 Å². The Balaban J connectivity index is 1.81. The van der Waals surface area contributed by atoms with E-state index in [2.05, 4.69) is 17.2 Å². The maximum atomic E-state index is 13.6. The number of hydrogen-bond acceptors (Lipinski definition) is 5. The van der Waals surface area contributed by atoms with Gasteiger partial charge in [-0.15, -0.1) is 0 Å². The molecule has 1 aliphatic rings. The maximum absolute atomic E-state index is 13.6. The third kappa shape index (κ3) is 8.90. The molecule has 2 aromatic carbocycles. The topological polar surface area (TPSA) is 122 Å². The molecular weight excluding hydrogens is 597 g/mol. The van der Waals surface area contributed by atoms with Gasteiger partial charge in [-0.2, -0.15) is 13.2 Å². The first kappa shape index (κ1) is 34.3. The Morgan fingerprint density at radius 1 is 1.09 bits per heavy atom. The van der Waals surface area contributed by atoms with Crippen LogP contribution in [0.1, 0.15) is 42.9 Å². The predicted molar refractivity (Wildman–Crippen MR) is 163 cm³/mol. The molecule has 4 N–H and O–H groups in total. The van der Waals surface area contributed by atoms with Crippen molar-refractivity contribution in [1.82, 2.24) is 10.2 Å². The number of alkyl halides is 3. The Labute approximate surface area is 258 Å². The number of amides is 3. The summed E-state index contributed by atoms with van der Waals surface area (Å²) in [6.45, 7) is 5.24. The summed E-state index contributed by atoms with van der Waals surface area (Å²) < 4.78 is 40.9. The van der Waals surface area contributed by atoms with E-state index in [1.165, 1.54) is 11.0 Å². The van der Waals surface area contributed by atoms with Crippen molar-refractivity contribution in [3.05, 3.63) is 101 Å². The zero-order valence-electron chi connectivity index (χ0n) is 24.1. The number of nitrogens with zero attached hydrogens (tertiary/aromatic N) is 1. The second-order valence-corrected chi connectivity index (χ2v) is 10.6. The van der Waals surface area contributed by atoms with E-state index < -0.39 is 52.3 Å². The number of hydrogen-bond donors (Lipinski definition) is 3. The number of benzene rings is 2. The van der Waals surface area contributed by atoms with E-state index in [0.29, 0.717) is 5.57 Å². The minimum atomic E-state index is -4.85. The number of Topliss-reactive ketones (excluding diaryl/α,β-unsaturated/α-hetero) is 1. The van der Waals surface area contributed by atoms with Crippen LogP contribution in [0.5, 0.6) is 0 Å². The Morgan fingerprint density at radius 3 is 2.45 bits per heavy atom. The highest BCUT2D eigenvalue weighted by Crippen LogP contribution is 2.39. The summed E-state index contributed by atoms with van der Waals surface area (Å²) in [5.74, 6) is -2.27. The summed E-state index contributed by atoms with van der Waals surface area (Å²) in [4.78, 5) is 54.1. The minimum absolute atomic E-state index is 0.0623. The minimum Gasteiger partial charge on any atom is -0.342 e. The van der Waals surface area contributed by atoms with Crippen molar-refractivity contribution >= 4 is 40.8 Å². The number of halogens is 4. The highest BCUT2D eigenvalue weighted by atomic mass is 35.5. The second kappa shape index (κ2) is 15.5. The number of nitrogens with two attached hydrogens (primary N) is 1. The quantitative estimate of drug-likeness (QED) is 0.222. The highest BCUT2D eigenvalue weighted by molar-refractivity contribution is 6.32. The second-order valence-electron chi connectivity index (χ2n) is 10.2. The van der Waals surface area contributed by atoms with Crippen LogP contribution in [-0.4, -0.2) is 47.0 Å². The van der Waals surface area contributed by atoms with Gasteiger partial charge in [-0.1, -0.05) is 72.8 Å². The molecule has 234 valence electrons. The molecule has 0 radical (unpaired) electrons. The Kier molecular flexibility index (Phi) is 12.1. The van der Waals surface area contributed by atoms with E-state index in [9.17, 15) is 32.3 Å². The SMILES string of the molecule is C=C/C=C\C=C(/C)C(=O)CCC(=O)N1Cc2ccccc2C[C@H]1C(=O)N[C@@H](CCN)C(=O)Nc1cccc(Cl)c1C(F)(F)F. The lowest BCUT2D eigenvalue weighted by Gasteiger charge is -2.36. The number of allylic oxidation sites excluding steroid dienone is 5. The number of carbonyl (C=O) groups is 4. The fraction of sp³-hybridized carbons (Fsp3) is 0.312. The Hall–Kier alpha value is -4.22. The first-order valence-electron chi connectivity index (χ1n) is 13.9. The summed E-state index contributed by atoms with van der Waals surface area (Å²) in [5, 5.41) is 4.20. The maximum Gasteiger partial charge on any atom is 0.419 e. The van der Waals surface area contributed by atoms with Crippen LogP contribution in [0, 0.1) is 0 Å². The van der Waals surface area contributed by atoms with Crippen LogP contribution in [0.3, 0.4) is 0 Å². The first-order valence-corrected chi connectivity index (χ1v) is 14.3. The molecule has 2 atom stereocenters. The molecule has 8 nitrogen and oxygen atoms in total. The molecule has 0 fully saturated rings. The normalized spacial score (nSPS) is 15.8. The van der Waals surface area contributed by atoms with E-state index in [1.54, 1.807) is 37.3 Å². The van der Waals surface area contributed by atoms with Crippen LogP contribution in [0.25, 0.3) is 0 Å². The van der Waals surface area contributed by atoms with Gasteiger partial charge >= 0.3 is 6.18 Å². The fourth-order valence-corrected chi connectivity index (χ4v) is 5.07. The molecule has 44 heavy (non-hydrogen) atoms. The lowest BCUT2D eigenvalue weighted by Crippen LogP contribution is -2.56. The van der Waals surface area contributed by atoms with Gasteiger partial charge in [-0.3, -0.25) is 19.2 Å². The molecule has 3 rings (SSSR count). The standard InChI is InChI=1S/C32H34ClF3N4O4/c1-3-4-5-9-20(2)27(41)14-15-28(42)40-19-22-11-7-6-10-21(22)18-26(40)31(44)39-25(16-17-37)30(43)38-24-13-8-12-23(33)29(24)32(34,35)36/h3-13,25-26H,1,14-19,37H2,2H3,(H,38,43)(H,39,44)/b5-4-,20-9+/t25-,26-/m0/s1. The Bertz CT molecular complexity index is 1470. The van der Waals surface area contributed by atoms with Gasteiger partial charge < -0.3 is 21.3 Å². The summed E-state index contributed by atoms with van der Waals surface area (Å²) in [6, 6.07) is 8.29. The number of anilines is 1. The van der Waals surface area contributed by atoms with Gasteiger partial charge in [0.2, 0.25) is 17.7 Å². The van der Waals surface area contributed by atoms with E-state index in [1.807, 2.05) is 18.2 Å². The highest BCUT2D eigenvalue weighted by Gasteiger charge is 2.38. The lowest BCUT2D eigenvalue weighted by atomic mass is 9.92. The summed E-state index contributed by atoms with van der Waals surface area (Å²) in [6.07, 6.45) is 1.49. The van der Waals surface area contributed by atoms with Gasteiger partial charge in [0.1, 0.15) is 12.1 Å². The molecule has 0 spiro atoms. The third-order valence-corrected chi connectivity index (χ3v) is 7.43. The fourth-order valence-electron chi connectivity index (χ4n) is 4.79. The summed E-state index contributed by atoms with van der Waals surface area (Å²) >= 11 is 5.77. The molecule has 1 aliphatic heterocycles. The predicted octanol–water partition coefficient (Wildman–Crippen LogP) is 5.12. The molecular formula is C32H34ClF3N4O4. The van der Waals surface area contributed by atoms with Crippen molar-refractivity contribution in [2.75, 3.05) is 11.9 Å². The largest absolute Gasteiger partial charge is 0.419 e. The third-order valence-electron chi connectivity index (χ3n) is 7.11. The average Bonchev–Trinajstić information content (AvgIpc) is 2.98. The molecule has 1 heterocycles. The zero-order valence-corrected chi connectivity index (χ0v) is 24.9. The van der Waals surface area contributed by atoms with Gasteiger partial charge in [0.25, 0.3) is 0 Å². The zero-order chi connectivity index (χ0) is 32.4. The molecule has 0 bridgehead atoms. The molecule has 2 aromatic rings. The van der Waals surface area contributed by atoms with Gasteiger partial charge in [0.05, 0.1) is 16.3 Å². The molecule has 0 unspecified atom stereocenters. The van der Waals surface area contributed by atoms with Gasteiger partial charge in [-0.25, -0.2) is 0 Å². The number of rotatable bonds is 12. The van der Waals surface area contributed by atoms with Gasteiger partial charge in [-0.05, 0) is 48.7 Å². The van der Waals surface area contributed by atoms with Crippen LogP contribution in [0.15, 0.2) is 78.9 Å². The van der Waals surface area contributed by atoms with Crippen molar-refractivity contribution in [3.63, 3.8) is 0 Å². The molecule has 3 amide bonds. The van der Waals surface area contributed by atoms with Crippen LogP contribution >= 0.6 is 11.6 Å². The van der Waals surface area contributed by atoms with Crippen LogP contribution in [-0.2, 0) is 38.3 Å². The lowest BCUT2D eigenvalue weighted by molar-refractivity contribution is -0.143. The number of ketones is 1. The molecule has 0 saturated carbocycles. The van der Waals surface area contributed by atoms with E-state index in [0.717, 1.165) is 23.3 Å². The molecule has 0 aromatic heterocycles. The van der Waals surface area contributed by atoms with Gasteiger partial charge in [0.15, 0.2) is 5.78 Å². The van der Waals surface area contributed by atoms with Crippen molar-refractivity contribution in [3.8, 4) is 0 Å². The Morgan fingerprint density at radius 2 is 1.80 bits per heavy atom. The smallest absolute Gasteiger partial charge is 0.342 e. The summed E-state index contributed by atoms with van der Waals surface area (Å²) in [5.41, 5.74) is 6.00.